The van der Waals surface area contributed by atoms with E-state index in [1.54, 1.807) is 13.3 Å². The lowest BCUT2D eigenvalue weighted by atomic mass is 10.1. The summed E-state index contributed by atoms with van der Waals surface area (Å²) in [6.45, 7) is 3.32. The molecule has 2 heterocycles. The van der Waals surface area contributed by atoms with Crippen molar-refractivity contribution in [3.05, 3.63) is 71.8 Å². The first-order valence-electron chi connectivity index (χ1n) is 8.59. The summed E-state index contributed by atoms with van der Waals surface area (Å²) in [5.74, 6) is 3.23. The van der Waals surface area contributed by atoms with Gasteiger partial charge in [-0.1, -0.05) is 24.3 Å². The lowest BCUT2D eigenvalue weighted by Gasteiger charge is -2.11. The molecule has 2 N–H and O–H groups in total. The Labute approximate surface area is 153 Å². The zero-order chi connectivity index (χ0) is 18.2. The van der Waals surface area contributed by atoms with Gasteiger partial charge in [-0.05, 0) is 36.6 Å². The Morgan fingerprint density at radius 1 is 1.00 bits per heavy atom. The molecule has 0 fully saturated rings. The minimum atomic E-state index is 0.672. The Bertz CT molecular complexity index is 839. The van der Waals surface area contributed by atoms with Crippen LogP contribution in [0.4, 0.5) is 11.6 Å². The first-order valence-corrected chi connectivity index (χ1v) is 8.59. The maximum atomic E-state index is 5.39. The zero-order valence-electron chi connectivity index (χ0n) is 15.1. The molecule has 3 aromatic rings. The quantitative estimate of drug-likeness (QED) is 0.649. The zero-order valence-corrected chi connectivity index (χ0v) is 15.1. The van der Waals surface area contributed by atoms with E-state index in [0.717, 1.165) is 41.7 Å². The second kappa shape index (κ2) is 8.80. The molecular weight excluding hydrogens is 326 g/mol. The van der Waals surface area contributed by atoms with Gasteiger partial charge in [0.15, 0.2) is 0 Å². The number of hydrogen-bond acceptors (Lipinski definition) is 6. The van der Waals surface area contributed by atoms with E-state index in [1.807, 2.05) is 49.5 Å². The van der Waals surface area contributed by atoms with Crippen molar-refractivity contribution in [2.45, 2.75) is 19.9 Å². The molecule has 0 aliphatic rings. The number of benzene rings is 1. The van der Waals surface area contributed by atoms with Crippen molar-refractivity contribution in [2.24, 2.45) is 0 Å². The molecule has 3 rings (SSSR count). The molecular formula is C20H23N5O. The van der Waals surface area contributed by atoms with Crippen LogP contribution in [0.2, 0.25) is 0 Å². The number of hydrogen-bond donors (Lipinski definition) is 2. The number of nitrogens with zero attached hydrogens (tertiary/aromatic N) is 3. The van der Waals surface area contributed by atoms with Gasteiger partial charge in [-0.15, -0.1) is 0 Å². The normalized spacial score (nSPS) is 10.4. The standard InChI is InChI=1S/C20H23N5O/c1-15-24-19(22-11-9-17-7-3-4-8-18(17)26-2)12-20(25-15)23-14-16-6-5-10-21-13-16/h3-8,10,12-13H,9,11,14H2,1-2H3,(H2,22,23,24,25). The van der Waals surface area contributed by atoms with Crippen LogP contribution < -0.4 is 15.4 Å². The van der Waals surface area contributed by atoms with Gasteiger partial charge in [0.2, 0.25) is 0 Å². The van der Waals surface area contributed by atoms with E-state index in [9.17, 15) is 0 Å². The van der Waals surface area contributed by atoms with Gasteiger partial charge in [0, 0.05) is 31.5 Å². The molecule has 2 aromatic heterocycles. The number of methoxy groups -OCH3 is 1. The maximum absolute atomic E-state index is 5.39. The first kappa shape index (κ1) is 17.7. The van der Waals surface area contributed by atoms with E-state index in [-0.39, 0.29) is 0 Å². The number of nitrogens with one attached hydrogen (secondary N) is 2. The molecule has 6 heteroatoms. The summed E-state index contributed by atoms with van der Waals surface area (Å²) in [6.07, 6.45) is 4.46. The Morgan fingerprint density at radius 3 is 2.58 bits per heavy atom. The molecule has 0 spiro atoms. The van der Waals surface area contributed by atoms with Gasteiger partial charge >= 0.3 is 0 Å². The molecule has 0 bridgehead atoms. The molecule has 0 radical (unpaired) electrons. The third kappa shape index (κ3) is 4.92. The fourth-order valence-electron chi connectivity index (χ4n) is 2.68. The average molecular weight is 349 g/mol. The minimum Gasteiger partial charge on any atom is -0.496 e. The second-order valence-corrected chi connectivity index (χ2v) is 5.89. The SMILES string of the molecule is COc1ccccc1CCNc1cc(NCc2cccnc2)nc(C)n1. The van der Waals surface area contributed by atoms with Gasteiger partial charge in [0.25, 0.3) is 0 Å². The van der Waals surface area contributed by atoms with Crippen LogP contribution in [0, 0.1) is 6.92 Å². The van der Waals surface area contributed by atoms with E-state index >= 15 is 0 Å². The van der Waals surface area contributed by atoms with Crippen molar-refractivity contribution in [3.8, 4) is 5.75 Å². The van der Waals surface area contributed by atoms with Gasteiger partial charge in [-0.25, -0.2) is 9.97 Å². The third-order valence-corrected chi connectivity index (χ3v) is 3.93. The average Bonchev–Trinajstić information content (AvgIpc) is 2.67. The molecule has 0 aliphatic heterocycles. The van der Waals surface area contributed by atoms with Crippen LogP contribution in [-0.4, -0.2) is 28.6 Å². The molecule has 0 unspecified atom stereocenters. The molecule has 26 heavy (non-hydrogen) atoms. The number of para-hydroxylation sites is 1. The van der Waals surface area contributed by atoms with Gasteiger partial charge in [0.1, 0.15) is 23.2 Å². The lowest BCUT2D eigenvalue weighted by molar-refractivity contribution is 0.410. The molecule has 1 aromatic carbocycles. The molecule has 6 nitrogen and oxygen atoms in total. The van der Waals surface area contributed by atoms with Crippen molar-refractivity contribution >= 4 is 11.6 Å². The Kier molecular flexibility index (Phi) is 5.98. The van der Waals surface area contributed by atoms with Crippen LogP contribution in [0.3, 0.4) is 0 Å². The smallest absolute Gasteiger partial charge is 0.132 e. The molecule has 0 aliphatic carbocycles. The van der Waals surface area contributed by atoms with Crippen LogP contribution in [0.5, 0.6) is 5.75 Å². The summed E-state index contributed by atoms with van der Waals surface area (Å²) in [6, 6.07) is 13.9. The monoisotopic (exact) mass is 349 g/mol. The first-order chi connectivity index (χ1) is 12.7. The Balaban J connectivity index is 1.59. The summed E-state index contributed by atoms with van der Waals surface area (Å²) in [7, 11) is 1.69. The van der Waals surface area contributed by atoms with Crippen LogP contribution in [-0.2, 0) is 13.0 Å². The second-order valence-electron chi connectivity index (χ2n) is 5.89. The van der Waals surface area contributed by atoms with E-state index in [4.69, 9.17) is 4.74 Å². The van der Waals surface area contributed by atoms with Crippen molar-refractivity contribution in [1.29, 1.82) is 0 Å². The molecule has 0 amide bonds. The molecule has 134 valence electrons. The van der Waals surface area contributed by atoms with Crippen molar-refractivity contribution in [1.82, 2.24) is 15.0 Å². The number of pyridine rings is 1. The molecule has 0 saturated heterocycles. The van der Waals surface area contributed by atoms with Crippen LogP contribution >= 0.6 is 0 Å². The minimum absolute atomic E-state index is 0.672. The fourth-order valence-corrected chi connectivity index (χ4v) is 2.68. The highest BCUT2D eigenvalue weighted by Crippen LogP contribution is 2.18. The summed E-state index contributed by atoms with van der Waals surface area (Å²) in [5.41, 5.74) is 2.28. The number of rotatable bonds is 8. The van der Waals surface area contributed by atoms with Crippen molar-refractivity contribution < 1.29 is 4.74 Å². The number of aromatic nitrogens is 3. The topological polar surface area (TPSA) is 72.0 Å². The molecule has 0 atom stereocenters. The third-order valence-electron chi connectivity index (χ3n) is 3.93. The van der Waals surface area contributed by atoms with Gasteiger partial charge in [0.05, 0.1) is 7.11 Å². The van der Waals surface area contributed by atoms with E-state index in [2.05, 4.69) is 31.7 Å². The largest absolute Gasteiger partial charge is 0.496 e. The van der Waals surface area contributed by atoms with Gasteiger partial charge in [-0.2, -0.15) is 0 Å². The Hall–Kier alpha value is -3.15. The van der Waals surface area contributed by atoms with Crippen molar-refractivity contribution in [2.75, 3.05) is 24.3 Å². The van der Waals surface area contributed by atoms with E-state index in [0.29, 0.717) is 6.54 Å². The van der Waals surface area contributed by atoms with E-state index in [1.165, 1.54) is 5.56 Å². The van der Waals surface area contributed by atoms with Gasteiger partial charge < -0.3 is 15.4 Å². The predicted octanol–water partition coefficient (Wildman–Crippen LogP) is 3.46. The number of aryl methyl sites for hydroxylation is 1. The van der Waals surface area contributed by atoms with Crippen LogP contribution in [0.15, 0.2) is 54.9 Å². The van der Waals surface area contributed by atoms with E-state index < -0.39 is 0 Å². The highest BCUT2D eigenvalue weighted by Gasteiger charge is 2.04. The highest BCUT2D eigenvalue weighted by atomic mass is 16.5. The highest BCUT2D eigenvalue weighted by molar-refractivity contribution is 5.48. The number of ether oxygens (including phenoxy) is 1. The summed E-state index contributed by atoms with van der Waals surface area (Å²) >= 11 is 0. The summed E-state index contributed by atoms with van der Waals surface area (Å²) in [4.78, 5) is 13.0. The lowest BCUT2D eigenvalue weighted by Crippen LogP contribution is -2.10. The van der Waals surface area contributed by atoms with Crippen LogP contribution in [0.25, 0.3) is 0 Å². The summed E-state index contributed by atoms with van der Waals surface area (Å²) < 4.78 is 5.39. The Morgan fingerprint density at radius 2 is 1.81 bits per heavy atom. The van der Waals surface area contributed by atoms with Crippen LogP contribution in [0.1, 0.15) is 17.0 Å². The predicted molar refractivity (Wildman–Crippen MR) is 104 cm³/mol. The molecule has 0 saturated carbocycles. The fraction of sp³-hybridized carbons (Fsp3) is 0.250. The van der Waals surface area contributed by atoms with Gasteiger partial charge in [-0.3, -0.25) is 4.98 Å². The maximum Gasteiger partial charge on any atom is 0.132 e. The number of anilines is 2. The van der Waals surface area contributed by atoms with Crippen molar-refractivity contribution in [3.63, 3.8) is 0 Å². The summed E-state index contributed by atoms with van der Waals surface area (Å²) in [5, 5.41) is 6.68.